The molecule has 0 bridgehead atoms. The molecule has 0 unspecified atom stereocenters. The summed E-state index contributed by atoms with van der Waals surface area (Å²) in [5, 5.41) is 7.47. The van der Waals surface area contributed by atoms with Crippen LogP contribution in [0, 0.1) is 0 Å². The first-order valence-corrected chi connectivity index (χ1v) is 12.2. The third kappa shape index (κ3) is 4.84. The predicted octanol–water partition coefficient (Wildman–Crippen LogP) is 6.31. The first-order chi connectivity index (χ1) is 16.8. The number of rotatable bonds is 5. The molecule has 0 atom stereocenters. The number of carbonyl (C=O) groups is 2. The summed E-state index contributed by atoms with van der Waals surface area (Å²) in [6.45, 7) is 4.23. The number of thiophene rings is 1. The van der Waals surface area contributed by atoms with Crippen LogP contribution >= 0.6 is 11.3 Å². The number of hydrogen-bond donors (Lipinski definition) is 2. The molecule has 1 amide bonds. The molecule has 5 rings (SSSR count). The standard InChI is InChI=1S/C29H26N2O3S/c1-29(2)17-20-11-12-22(34-3)15-23(20)24(31-29)16-25(32)18-8-6-9-21(13-18)30-28(33)27-14-19-7-4-5-10-26(19)35-27/h4-16,31H,17H2,1-3H3,(H,30,33)/b24-16-. The van der Waals surface area contributed by atoms with Gasteiger partial charge in [0.2, 0.25) is 0 Å². The Morgan fingerprint density at radius 1 is 1.03 bits per heavy atom. The maximum Gasteiger partial charge on any atom is 0.265 e. The molecule has 2 heterocycles. The second kappa shape index (κ2) is 9.04. The number of benzene rings is 3. The molecule has 0 aliphatic carbocycles. The van der Waals surface area contributed by atoms with Gasteiger partial charge in [-0.05, 0) is 67.6 Å². The Kier molecular flexibility index (Phi) is 5.91. The van der Waals surface area contributed by atoms with Crippen molar-refractivity contribution in [2.75, 3.05) is 12.4 Å². The fraction of sp³-hybridized carbons (Fsp3) is 0.172. The van der Waals surface area contributed by atoms with Gasteiger partial charge in [-0.3, -0.25) is 9.59 Å². The SMILES string of the molecule is COc1ccc2c(c1)/C(=C/C(=O)c1cccc(NC(=O)c3cc4ccccc4s3)c1)NC(C)(C)C2. The number of ketones is 1. The molecule has 2 N–H and O–H groups in total. The van der Waals surface area contributed by atoms with E-state index in [-0.39, 0.29) is 17.2 Å². The maximum atomic E-state index is 13.3. The van der Waals surface area contributed by atoms with Crippen LogP contribution in [-0.4, -0.2) is 24.3 Å². The average Bonchev–Trinajstić information content (AvgIpc) is 3.28. The normalized spacial score (nSPS) is 15.3. The first kappa shape index (κ1) is 22.9. The number of methoxy groups -OCH3 is 1. The molecule has 0 saturated carbocycles. The highest BCUT2D eigenvalue weighted by Crippen LogP contribution is 2.32. The summed E-state index contributed by atoms with van der Waals surface area (Å²) in [7, 11) is 1.63. The van der Waals surface area contributed by atoms with Crippen molar-refractivity contribution in [2.24, 2.45) is 0 Å². The minimum atomic E-state index is -0.189. The number of fused-ring (bicyclic) bond motifs is 2. The summed E-state index contributed by atoms with van der Waals surface area (Å²) in [5.41, 5.74) is 3.79. The lowest BCUT2D eigenvalue weighted by molar-refractivity contribution is 0.102. The van der Waals surface area contributed by atoms with Crippen LogP contribution in [0.5, 0.6) is 5.75 Å². The van der Waals surface area contributed by atoms with Crippen LogP contribution < -0.4 is 15.4 Å². The Morgan fingerprint density at radius 3 is 2.66 bits per heavy atom. The molecule has 3 aromatic carbocycles. The van der Waals surface area contributed by atoms with E-state index < -0.39 is 0 Å². The van der Waals surface area contributed by atoms with Gasteiger partial charge in [0.15, 0.2) is 5.78 Å². The summed E-state index contributed by atoms with van der Waals surface area (Å²) >= 11 is 1.45. The molecule has 5 nitrogen and oxygen atoms in total. The summed E-state index contributed by atoms with van der Waals surface area (Å²) in [6.07, 6.45) is 2.48. The molecule has 35 heavy (non-hydrogen) atoms. The highest BCUT2D eigenvalue weighted by molar-refractivity contribution is 7.20. The fourth-order valence-electron chi connectivity index (χ4n) is 4.40. The van der Waals surface area contributed by atoms with Gasteiger partial charge >= 0.3 is 0 Å². The van der Waals surface area contributed by atoms with Gasteiger partial charge in [-0.2, -0.15) is 0 Å². The van der Waals surface area contributed by atoms with Gasteiger partial charge in [0.1, 0.15) is 5.75 Å². The molecule has 0 radical (unpaired) electrons. The van der Waals surface area contributed by atoms with Crippen molar-refractivity contribution in [3.05, 3.63) is 100 Å². The molecule has 0 spiro atoms. The highest BCUT2D eigenvalue weighted by atomic mass is 32.1. The largest absolute Gasteiger partial charge is 0.497 e. The van der Waals surface area contributed by atoms with Crippen molar-refractivity contribution in [2.45, 2.75) is 25.8 Å². The number of nitrogens with one attached hydrogen (secondary N) is 2. The average molecular weight is 483 g/mol. The van der Waals surface area contributed by atoms with Crippen LogP contribution in [0.25, 0.3) is 15.8 Å². The van der Waals surface area contributed by atoms with Crippen LogP contribution in [0.4, 0.5) is 5.69 Å². The highest BCUT2D eigenvalue weighted by Gasteiger charge is 2.28. The Morgan fingerprint density at radius 2 is 1.86 bits per heavy atom. The third-order valence-electron chi connectivity index (χ3n) is 6.04. The monoisotopic (exact) mass is 482 g/mol. The van der Waals surface area contributed by atoms with E-state index >= 15 is 0 Å². The number of hydrogen-bond acceptors (Lipinski definition) is 5. The molecular weight excluding hydrogens is 456 g/mol. The lowest BCUT2D eigenvalue weighted by Crippen LogP contribution is -2.43. The van der Waals surface area contributed by atoms with Crippen molar-refractivity contribution in [3.8, 4) is 5.75 Å². The van der Waals surface area contributed by atoms with Crippen LogP contribution in [0.3, 0.4) is 0 Å². The smallest absolute Gasteiger partial charge is 0.265 e. The Bertz CT molecular complexity index is 1450. The van der Waals surface area contributed by atoms with E-state index in [1.54, 1.807) is 37.5 Å². The zero-order valence-corrected chi connectivity index (χ0v) is 20.7. The van der Waals surface area contributed by atoms with Crippen molar-refractivity contribution < 1.29 is 14.3 Å². The Labute approximate surface area is 208 Å². The van der Waals surface area contributed by atoms with E-state index in [9.17, 15) is 9.59 Å². The maximum absolute atomic E-state index is 13.3. The van der Waals surface area contributed by atoms with Gasteiger partial charge in [-0.15, -0.1) is 11.3 Å². The molecule has 6 heteroatoms. The number of allylic oxidation sites excluding steroid dienone is 1. The van der Waals surface area contributed by atoms with Crippen LogP contribution in [0.2, 0.25) is 0 Å². The van der Waals surface area contributed by atoms with Gasteiger partial charge in [-0.1, -0.05) is 36.4 Å². The van der Waals surface area contributed by atoms with Gasteiger partial charge in [-0.25, -0.2) is 0 Å². The second-order valence-electron chi connectivity index (χ2n) is 9.31. The van der Waals surface area contributed by atoms with Gasteiger partial charge in [0, 0.05) is 38.8 Å². The van der Waals surface area contributed by atoms with Gasteiger partial charge in [0.25, 0.3) is 5.91 Å². The minimum absolute atomic E-state index is 0.142. The zero-order valence-electron chi connectivity index (χ0n) is 19.8. The number of carbonyl (C=O) groups excluding carboxylic acids is 2. The number of anilines is 1. The van der Waals surface area contributed by atoms with E-state index in [4.69, 9.17) is 4.74 Å². The lowest BCUT2D eigenvalue weighted by atomic mass is 9.85. The van der Waals surface area contributed by atoms with Crippen molar-refractivity contribution in [3.63, 3.8) is 0 Å². The van der Waals surface area contributed by atoms with Crippen molar-refractivity contribution in [1.29, 1.82) is 0 Å². The zero-order chi connectivity index (χ0) is 24.6. The molecule has 1 aromatic heterocycles. The summed E-state index contributed by atoms with van der Waals surface area (Å²) in [5.74, 6) is 0.414. The quantitative estimate of drug-likeness (QED) is 0.258. The Balaban J connectivity index is 1.40. The molecule has 1 aliphatic rings. The molecule has 0 saturated heterocycles. The van der Waals surface area contributed by atoms with E-state index in [0.717, 1.165) is 39.1 Å². The minimum Gasteiger partial charge on any atom is -0.497 e. The van der Waals surface area contributed by atoms with Crippen LogP contribution in [-0.2, 0) is 6.42 Å². The lowest BCUT2D eigenvalue weighted by Gasteiger charge is -2.35. The number of ether oxygens (including phenoxy) is 1. The van der Waals surface area contributed by atoms with E-state index in [2.05, 4.69) is 30.5 Å². The summed E-state index contributed by atoms with van der Waals surface area (Å²) < 4.78 is 6.46. The van der Waals surface area contributed by atoms with Crippen LogP contribution in [0.1, 0.15) is 45.0 Å². The first-order valence-electron chi connectivity index (χ1n) is 11.4. The van der Waals surface area contributed by atoms with Gasteiger partial charge in [0.05, 0.1) is 12.0 Å². The van der Waals surface area contributed by atoms with E-state index in [0.29, 0.717) is 16.1 Å². The Hall–Kier alpha value is -3.90. The van der Waals surface area contributed by atoms with E-state index in [1.807, 2.05) is 42.5 Å². The third-order valence-corrected chi connectivity index (χ3v) is 7.16. The van der Waals surface area contributed by atoms with Crippen molar-refractivity contribution >= 4 is 44.5 Å². The predicted molar refractivity (Wildman–Crippen MR) is 142 cm³/mol. The fourth-order valence-corrected chi connectivity index (χ4v) is 5.36. The summed E-state index contributed by atoms with van der Waals surface area (Å²) in [6, 6.07) is 22.8. The van der Waals surface area contributed by atoms with Crippen LogP contribution in [0.15, 0.2) is 78.9 Å². The molecule has 1 aliphatic heterocycles. The molecule has 4 aromatic rings. The second-order valence-corrected chi connectivity index (χ2v) is 10.4. The molecular formula is C29H26N2O3S. The molecule has 176 valence electrons. The summed E-state index contributed by atoms with van der Waals surface area (Å²) in [4.78, 5) is 26.7. The number of amides is 1. The van der Waals surface area contributed by atoms with Crippen molar-refractivity contribution in [1.82, 2.24) is 5.32 Å². The molecule has 0 fully saturated rings. The topological polar surface area (TPSA) is 67.4 Å². The van der Waals surface area contributed by atoms with Gasteiger partial charge < -0.3 is 15.4 Å². The van der Waals surface area contributed by atoms with E-state index in [1.165, 1.54) is 11.3 Å².